The number of piperidine rings is 1. The highest BCUT2D eigenvalue weighted by Crippen LogP contribution is 2.18. The molecule has 8 nitrogen and oxygen atoms in total. The van der Waals surface area contributed by atoms with Crippen LogP contribution in [0.3, 0.4) is 0 Å². The maximum atomic E-state index is 12.4. The third-order valence-corrected chi connectivity index (χ3v) is 4.87. The molecule has 8 heteroatoms. The van der Waals surface area contributed by atoms with E-state index in [1.807, 2.05) is 12.1 Å². The smallest absolute Gasteiger partial charge is 0.331 e. The van der Waals surface area contributed by atoms with Crippen molar-refractivity contribution >= 4 is 5.91 Å². The molecule has 1 aliphatic rings. The highest BCUT2D eigenvalue weighted by Gasteiger charge is 2.22. The molecular formula is C18H24N4O4. The van der Waals surface area contributed by atoms with Crippen molar-refractivity contribution in [2.45, 2.75) is 19.4 Å². The van der Waals surface area contributed by atoms with Crippen molar-refractivity contribution in [3.8, 4) is 0 Å². The molecule has 0 aromatic carbocycles. The number of nitrogens with zero attached hydrogens (tertiary/aromatic N) is 3. The van der Waals surface area contributed by atoms with E-state index in [0.717, 1.165) is 42.8 Å². The molecule has 0 saturated carbocycles. The Hall–Kier alpha value is -2.61. The Kier molecular flexibility index (Phi) is 5.41. The fraction of sp³-hybridized carbons (Fsp3) is 0.500. The van der Waals surface area contributed by atoms with Crippen LogP contribution in [0, 0.1) is 5.92 Å². The molecule has 2 aromatic heterocycles. The van der Waals surface area contributed by atoms with E-state index >= 15 is 0 Å². The van der Waals surface area contributed by atoms with E-state index in [0.29, 0.717) is 12.5 Å². The minimum Gasteiger partial charge on any atom is -0.468 e. The summed E-state index contributed by atoms with van der Waals surface area (Å²) in [4.78, 5) is 38.4. The number of hydrogen-bond donors (Lipinski definition) is 1. The Morgan fingerprint density at radius 2 is 2.12 bits per heavy atom. The molecule has 2 aromatic rings. The average Bonchev–Trinajstić information content (AvgIpc) is 3.14. The van der Waals surface area contributed by atoms with Gasteiger partial charge in [0.05, 0.1) is 12.8 Å². The highest BCUT2D eigenvalue weighted by molar-refractivity contribution is 5.92. The van der Waals surface area contributed by atoms with Crippen LogP contribution in [0.2, 0.25) is 0 Å². The first-order valence-electron chi connectivity index (χ1n) is 8.75. The first-order valence-corrected chi connectivity index (χ1v) is 8.75. The number of likely N-dealkylation sites (tertiary alicyclic amines) is 1. The Balaban J connectivity index is 1.59. The normalized spacial score (nSPS) is 18.0. The molecule has 1 N–H and O–H groups in total. The molecule has 0 unspecified atom stereocenters. The SMILES string of the molecule is Cn1c(C(=O)NC[C@H]2CCCN(Cc3ccco3)C2)cc(=O)n(C)c1=O. The molecular weight excluding hydrogens is 336 g/mol. The maximum absolute atomic E-state index is 12.4. The summed E-state index contributed by atoms with van der Waals surface area (Å²) < 4.78 is 7.57. The number of amides is 1. The predicted molar refractivity (Wildman–Crippen MR) is 96.0 cm³/mol. The van der Waals surface area contributed by atoms with Gasteiger partial charge in [0.1, 0.15) is 11.5 Å². The van der Waals surface area contributed by atoms with E-state index in [1.165, 1.54) is 24.7 Å². The lowest BCUT2D eigenvalue weighted by molar-refractivity contribution is 0.0918. The van der Waals surface area contributed by atoms with Crippen molar-refractivity contribution in [2.24, 2.45) is 20.0 Å². The predicted octanol–water partition coefficient (Wildman–Crippen LogP) is 0.319. The Morgan fingerprint density at radius 3 is 2.85 bits per heavy atom. The number of hydrogen-bond acceptors (Lipinski definition) is 5. The van der Waals surface area contributed by atoms with Crippen LogP contribution in [0.25, 0.3) is 0 Å². The van der Waals surface area contributed by atoms with Crippen LogP contribution in [0.4, 0.5) is 0 Å². The monoisotopic (exact) mass is 360 g/mol. The quantitative estimate of drug-likeness (QED) is 0.829. The van der Waals surface area contributed by atoms with E-state index in [9.17, 15) is 14.4 Å². The summed E-state index contributed by atoms with van der Waals surface area (Å²) in [5.41, 5.74) is -0.910. The second-order valence-electron chi connectivity index (χ2n) is 6.80. The lowest BCUT2D eigenvalue weighted by atomic mass is 9.98. The number of carbonyl (C=O) groups is 1. The Labute approximate surface area is 151 Å². The molecule has 1 fully saturated rings. The van der Waals surface area contributed by atoms with Crippen molar-refractivity contribution in [1.29, 1.82) is 0 Å². The second-order valence-corrected chi connectivity index (χ2v) is 6.80. The molecule has 3 rings (SSSR count). The number of rotatable bonds is 5. The van der Waals surface area contributed by atoms with Gasteiger partial charge in [-0.15, -0.1) is 0 Å². The third-order valence-electron chi connectivity index (χ3n) is 4.87. The molecule has 0 aliphatic carbocycles. The summed E-state index contributed by atoms with van der Waals surface area (Å²) in [6.45, 7) is 3.16. The van der Waals surface area contributed by atoms with Crippen LogP contribution in [0.5, 0.6) is 0 Å². The summed E-state index contributed by atoms with van der Waals surface area (Å²) in [5.74, 6) is 0.863. The van der Waals surface area contributed by atoms with Crippen LogP contribution in [0.15, 0.2) is 38.5 Å². The summed E-state index contributed by atoms with van der Waals surface area (Å²) in [6, 6.07) is 5.04. The van der Waals surface area contributed by atoms with Gasteiger partial charge < -0.3 is 9.73 Å². The molecule has 26 heavy (non-hydrogen) atoms. The molecule has 0 radical (unpaired) electrons. The van der Waals surface area contributed by atoms with Crippen molar-refractivity contribution in [1.82, 2.24) is 19.4 Å². The zero-order valence-electron chi connectivity index (χ0n) is 15.1. The lowest BCUT2D eigenvalue weighted by Crippen LogP contribution is -2.43. The van der Waals surface area contributed by atoms with Gasteiger partial charge in [-0.05, 0) is 37.4 Å². The fourth-order valence-electron chi connectivity index (χ4n) is 3.36. The number of nitrogens with one attached hydrogen (secondary N) is 1. The first-order chi connectivity index (χ1) is 12.5. The Morgan fingerprint density at radius 1 is 1.31 bits per heavy atom. The summed E-state index contributed by atoms with van der Waals surface area (Å²) in [5, 5.41) is 2.87. The van der Waals surface area contributed by atoms with E-state index in [2.05, 4.69) is 10.2 Å². The van der Waals surface area contributed by atoms with Crippen molar-refractivity contribution < 1.29 is 9.21 Å². The van der Waals surface area contributed by atoms with Gasteiger partial charge in [0, 0.05) is 33.3 Å². The van der Waals surface area contributed by atoms with E-state index < -0.39 is 17.2 Å². The zero-order valence-corrected chi connectivity index (χ0v) is 15.1. The standard InChI is InChI=1S/C18H24N4O4/c1-20-15(9-16(23)21(2)18(20)25)17(24)19-10-13-5-3-7-22(11-13)12-14-6-4-8-26-14/h4,6,8-9,13H,3,5,7,10-12H2,1-2H3,(H,19,24)/t13-/m1/s1. The zero-order chi connectivity index (χ0) is 18.7. The van der Waals surface area contributed by atoms with Gasteiger partial charge in [-0.1, -0.05) is 0 Å². The molecule has 0 spiro atoms. The van der Waals surface area contributed by atoms with Crippen LogP contribution in [-0.2, 0) is 20.6 Å². The van der Waals surface area contributed by atoms with Crippen LogP contribution in [0.1, 0.15) is 29.1 Å². The minimum atomic E-state index is -0.509. The topological polar surface area (TPSA) is 89.5 Å². The fourth-order valence-corrected chi connectivity index (χ4v) is 3.36. The van der Waals surface area contributed by atoms with Gasteiger partial charge in [0.25, 0.3) is 11.5 Å². The van der Waals surface area contributed by atoms with Crippen molar-refractivity contribution in [3.05, 3.63) is 56.8 Å². The molecule has 1 amide bonds. The van der Waals surface area contributed by atoms with Gasteiger partial charge in [0.15, 0.2) is 0 Å². The third kappa shape index (κ3) is 3.96. The van der Waals surface area contributed by atoms with E-state index in [4.69, 9.17) is 4.42 Å². The van der Waals surface area contributed by atoms with Crippen molar-refractivity contribution in [2.75, 3.05) is 19.6 Å². The first kappa shape index (κ1) is 18.2. The number of carbonyl (C=O) groups excluding carboxylic acids is 1. The average molecular weight is 360 g/mol. The molecule has 140 valence electrons. The second kappa shape index (κ2) is 7.74. The molecule has 1 aliphatic heterocycles. The number of furan rings is 1. The lowest BCUT2D eigenvalue weighted by Gasteiger charge is -2.32. The van der Waals surface area contributed by atoms with Gasteiger partial charge in [-0.25, -0.2) is 4.79 Å². The largest absolute Gasteiger partial charge is 0.468 e. The summed E-state index contributed by atoms with van der Waals surface area (Å²) in [6.07, 6.45) is 3.77. The van der Waals surface area contributed by atoms with E-state index in [-0.39, 0.29) is 5.69 Å². The Bertz CT molecular complexity index is 882. The molecule has 1 atom stereocenters. The van der Waals surface area contributed by atoms with Crippen LogP contribution in [-0.4, -0.2) is 39.6 Å². The van der Waals surface area contributed by atoms with Gasteiger partial charge in [-0.2, -0.15) is 0 Å². The highest BCUT2D eigenvalue weighted by atomic mass is 16.3. The van der Waals surface area contributed by atoms with Crippen molar-refractivity contribution in [3.63, 3.8) is 0 Å². The molecule has 0 bridgehead atoms. The van der Waals surface area contributed by atoms with Gasteiger partial charge >= 0.3 is 5.69 Å². The minimum absolute atomic E-state index is 0.0846. The molecule has 3 heterocycles. The van der Waals surface area contributed by atoms with Crippen LogP contribution < -0.4 is 16.6 Å². The van der Waals surface area contributed by atoms with Gasteiger partial charge in [0.2, 0.25) is 0 Å². The number of aromatic nitrogens is 2. The van der Waals surface area contributed by atoms with Gasteiger partial charge in [-0.3, -0.25) is 23.6 Å². The summed E-state index contributed by atoms with van der Waals surface area (Å²) in [7, 11) is 2.88. The van der Waals surface area contributed by atoms with Crippen LogP contribution >= 0.6 is 0 Å². The molecule has 1 saturated heterocycles. The maximum Gasteiger partial charge on any atom is 0.331 e. The van der Waals surface area contributed by atoms with E-state index in [1.54, 1.807) is 6.26 Å². The summed E-state index contributed by atoms with van der Waals surface area (Å²) >= 11 is 0.